The first kappa shape index (κ1) is 25.8. The molecule has 1 amide bonds. The van der Waals surface area contributed by atoms with E-state index in [1.807, 2.05) is 12.1 Å². The van der Waals surface area contributed by atoms with Crippen molar-refractivity contribution in [2.24, 2.45) is 0 Å². The lowest BCUT2D eigenvalue weighted by Crippen LogP contribution is -2.22. The molecule has 0 spiro atoms. The average Bonchev–Trinajstić information content (AvgIpc) is 3.69. The predicted octanol–water partition coefficient (Wildman–Crippen LogP) is 5.29. The summed E-state index contributed by atoms with van der Waals surface area (Å²) >= 11 is 0. The van der Waals surface area contributed by atoms with E-state index >= 15 is 0 Å². The van der Waals surface area contributed by atoms with Crippen LogP contribution in [0.2, 0.25) is 0 Å². The second kappa shape index (κ2) is 10.5. The molecular formula is C28H27F2N3O4S. The van der Waals surface area contributed by atoms with Crippen molar-refractivity contribution in [2.75, 3.05) is 5.75 Å². The second-order valence-electron chi connectivity index (χ2n) is 9.29. The topological polar surface area (TPSA) is 90.3 Å². The highest BCUT2D eigenvalue weighted by atomic mass is 32.2. The number of nitrogens with zero attached hydrogens (tertiary/aromatic N) is 2. The zero-order valence-corrected chi connectivity index (χ0v) is 21.5. The fourth-order valence-electron chi connectivity index (χ4n) is 4.38. The van der Waals surface area contributed by atoms with Gasteiger partial charge in [0.2, 0.25) is 0 Å². The Balaban J connectivity index is 1.33. The van der Waals surface area contributed by atoms with Crippen molar-refractivity contribution in [1.82, 2.24) is 14.9 Å². The van der Waals surface area contributed by atoms with Crippen LogP contribution in [0.15, 0.2) is 71.6 Å². The van der Waals surface area contributed by atoms with E-state index in [0.717, 1.165) is 35.3 Å². The second-order valence-corrected chi connectivity index (χ2v) is 11.6. The minimum atomic E-state index is -3.27. The summed E-state index contributed by atoms with van der Waals surface area (Å²) in [5, 5.41) is 2.87. The SMILES string of the molecule is CCS(=O)(=O)c1ccc(CNC(=O)c2ccc3c(c2)nc(C2CC2)n3Cc2cccc(OC(F)F)c2)cc1. The van der Waals surface area contributed by atoms with Crippen molar-refractivity contribution in [2.45, 2.75) is 50.3 Å². The predicted molar refractivity (Wildman–Crippen MR) is 139 cm³/mol. The van der Waals surface area contributed by atoms with Crippen molar-refractivity contribution < 1.29 is 26.7 Å². The van der Waals surface area contributed by atoms with Gasteiger partial charge in [-0.3, -0.25) is 4.79 Å². The van der Waals surface area contributed by atoms with E-state index in [1.165, 1.54) is 6.07 Å². The highest BCUT2D eigenvalue weighted by Gasteiger charge is 2.30. The van der Waals surface area contributed by atoms with Crippen LogP contribution in [-0.2, 0) is 22.9 Å². The summed E-state index contributed by atoms with van der Waals surface area (Å²) in [5.41, 5.74) is 3.60. The third kappa shape index (κ3) is 5.70. The van der Waals surface area contributed by atoms with Crippen molar-refractivity contribution in [1.29, 1.82) is 0 Å². The van der Waals surface area contributed by atoms with Gasteiger partial charge in [0, 0.05) is 24.6 Å². The largest absolute Gasteiger partial charge is 0.435 e. The number of halogens is 2. The standard InChI is InChI=1S/C28H27F2N3O4S/c1-2-38(35,36)23-11-6-18(7-12-23)16-31-27(34)21-10-13-25-24(15-21)32-26(20-8-9-20)33(25)17-19-4-3-5-22(14-19)37-28(29)30/h3-7,10-15,20,28H,2,8-9,16-17H2,1H3,(H,31,34). The number of hydrogen-bond acceptors (Lipinski definition) is 5. The molecule has 5 rings (SSSR count). The number of imidazole rings is 1. The molecule has 1 N–H and O–H groups in total. The number of amides is 1. The third-order valence-electron chi connectivity index (χ3n) is 6.56. The van der Waals surface area contributed by atoms with Gasteiger partial charge in [0.1, 0.15) is 11.6 Å². The van der Waals surface area contributed by atoms with Crippen LogP contribution in [-0.4, -0.2) is 36.2 Å². The van der Waals surface area contributed by atoms with Crippen LogP contribution in [0.3, 0.4) is 0 Å². The van der Waals surface area contributed by atoms with E-state index in [4.69, 9.17) is 4.98 Å². The molecule has 198 valence electrons. The highest BCUT2D eigenvalue weighted by molar-refractivity contribution is 7.91. The Hall–Kier alpha value is -3.79. The van der Waals surface area contributed by atoms with Gasteiger partial charge in [-0.2, -0.15) is 8.78 Å². The molecule has 1 aliphatic rings. The Morgan fingerprint density at radius 2 is 1.84 bits per heavy atom. The molecule has 1 aliphatic carbocycles. The van der Waals surface area contributed by atoms with Gasteiger partial charge in [-0.25, -0.2) is 13.4 Å². The quantitative estimate of drug-likeness (QED) is 0.296. The van der Waals surface area contributed by atoms with E-state index < -0.39 is 16.4 Å². The van der Waals surface area contributed by atoms with E-state index in [9.17, 15) is 22.0 Å². The number of alkyl halides is 2. The summed E-state index contributed by atoms with van der Waals surface area (Å²) in [6.45, 7) is -0.594. The first-order valence-corrected chi connectivity index (χ1v) is 14.0. The lowest BCUT2D eigenvalue weighted by molar-refractivity contribution is -0.0498. The lowest BCUT2D eigenvalue weighted by atomic mass is 10.1. The molecule has 0 bridgehead atoms. The number of hydrogen-bond donors (Lipinski definition) is 1. The van der Waals surface area contributed by atoms with Crippen LogP contribution in [0.1, 0.15) is 53.0 Å². The maximum absolute atomic E-state index is 12.9. The molecule has 1 fully saturated rings. The molecule has 1 aromatic heterocycles. The van der Waals surface area contributed by atoms with Gasteiger partial charge in [0.25, 0.3) is 5.91 Å². The van der Waals surface area contributed by atoms with Gasteiger partial charge in [0.15, 0.2) is 9.84 Å². The summed E-state index contributed by atoms with van der Waals surface area (Å²) in [6, 6.07) is 18.5. The molecule has 3 aromatic carbocycles. The minimum absolute atomic E-state index is 0.0310. The van der Waals surface area contributed by atoms with Gasteiger partial charge in [0.05, 0.1) is 21.7 Å². The Morgan fingerprint density at radius 3 is 2.53 bits per heavy atom. The number of rotatable bonds is 10. The Morgan fingerprint density at radius 1 is 1.08 bits per heavy atom. The van der Waals surface area contributed by atoms with Crippen molar-refractivity contribution in [3.05, 3.63) is 89.2 Å². The Bertz CT molecular complexity index is 1580. The number of carbonyl (C=O) groups excluding carboxylic acids is 1. The van der Waals surface area contributed by atoms with E-state index in [2.05, 4.69) is 14.6 Å². The van der Waals surface area contributed by atoms with Gasteiger partial charge >= 0.3 is 6.61 Å². The molecule has 10 heteroatoms. The monoisotopic (exact) mass is 539 g/mol. The maximum atomic E-state index is 12.9. The zero-order chi connectivity index (χ0) is 26.9. The molecule has 4 aromatic rings. The van der Waals surface area contributed by atoms with Gasteiger partial charge in [-0.15, -0.1) is 0 Å². The molecule has 1 heterocycles. The number of aromatic nitrogens is 2. The smallest absolute Gasteiger partial charge is 0.387 e. The molecule has 7 nitrogen and oxygen atoms in total. The fourth-order valence-corrected chi connectivity index (χ4v) is 5.26. The molecule has 0 unspecified atom stereocenters. The number of fused-ring (bicyclic) bond motifs is 1. The number of nitrogens with one attached hydrogen (secondary N) is 1. The molecule has 38 heavy (non-hydrogen) atoms. The fraction of sp³-hybridized carbons (Fsp3) is 0.286. The zero-order valence-electron chi connectivity index (χ0n) is 20.7. The average molecular weight is 540 g/mol. The van der Waals surface area contributed by atoms with Crippen molar-refractivity contribution in [3.63, 3.8) is 0 Å². The van der Waals surface area contributed by atoms with Gasteiger partial charge in [-0.1, -0.05) is 31.2 Å². The summed E-state index contributed by atoms with van der Waals surface area (Å²) < 4.78 is 55.9. The normalized spacial score (nSPS) is 13.7. The minimum Gasteiger partial charge on any atom is -0.435 e. The number of benzene rings is 3. The highest BCUT2D eigenvalue weighted by Crippen LogP contribution is 2.41. The van der Waals surface area contributed by atoms with Gasteiger partial charge in [-0.05, 0) is 66.4 Å². The van der Waals surface area contributed by atoms with Crippen molar-refractivity contribution in [3.8, 4) is 5.75 Å². The third-order valence-corrected chi connectivity index (χ3v) is 8.31. The first-order chi connectivity index (χ1) is 18.2. The summed E-state index contributed by atoms with van der Waals surface area (Å²) in [6.07, 6.45) is 2.06. The number of carbonyl (C=O) groups is 1. The van der Waals surface area contributed by atoms with Crippen LogP contribution < -0.4 is 10.1 Å². The van der Waals surface area contributed by atoms with Crippen molar-refractivity contribution >= 4 is 26.8 Å². The summed E-state index contributed by atoms with van der Waals surface area (Å²) in [5.74, 6) is 1.12. The Labute approximate surface area is 219 Å². The van der Waals surface area contributed by atoms with E-state index in [0.29, 0.717) is 23.5 Å². The van der Waals surface area contributed by atoms with E-state index in [-0.39, 0.29) is 28.8 Å². The molecule has 0 atom stereocenters. The molecule has 0 saturated heterocycles. The van der Waals surface area contributed by atoms with Crippen LogP contribution in [0.25, 0.3) is 11.0 Å². The Kier molecular flexibility index (Phi) is 7.16. The number of ether oxygens (including phenoxy) is 1. The lowest BCUT2D eigenvalue weighted by Gasteiger charge is -2.11. The van der Waals surface area contributed by atoms with E-state index in [1.54, 1.807) is 55.5 Å². The van der Waals surface area contributed by atoms with Crippen LogP contribution >= 0.6 is 0 Å². The van der Waals surface area contributed by atoms with Crippen LogP contribution in [0, 0.1) is 0 Å². The summed E-state index contributed by atoms with van der Waals surface area (Å²) in [4.78, 5) is 18.0. The van der Waals surface area contributed by atoms with Gasteiger partial charge < -0.3 is 14.6 Å². The molecule has 0 aliphatic heterocycles. The first-order valence-electron chi connectivity index (χ1n) is 12.4. The van der Waals surface area contributed by atoms with Crippen LogP contribution in [0.5, 0.6) is 5.75 Å². The van der Waals surface area contributed by atoms with Crippen LogP contribution in [0.4, 0.5) is 8.78 Å². The maximum Gasteiger partial charge on any atom is 0.387 e. The summed E-state index contributed by atoms with van der Waals surface area (Å²) in [7, 11) is -3.27. The number of sulfone groups is 1. The molecule has 1 saturated carbocycles. The molecule has 0 radical (unpaired) electrons. The molecular weight excluding hydrogens is 512 g/mol.